The molecule has 0 radical (unpaired) electrons. The smallest absolute Gasteiger partial charge is 0.340 e. The monoisotopic (exact) mass is 249 g/mol. The molecule has 0 spiro atoms. The number of carbonyl (C=O) groups is 1. The molecule has 0 saturated heterocycles. The first-order valence-corrected chi connectivity index (χ1v) is 5.29. The predicted molar refractivity (Wildman–Crippen MR) is 64.9 cm³/mol. The van der Waals surface area contributed by atoms with Crippen LogP contribution in [0.5, 0.6) is 0 Å². The number of rotatable bonds is 4. The Morgan fingerprint density at radius 3 is 2.94 bits per heavy atom. The van der Waals surface area contributed by atoms with E-state index in [0.29, 0.717) is 11.1 Å². The Hall–Kier alpha value is -2.33. The summed E-state index contributed by atoms with van der Waals surface area (Å²) in [6.45, 7) is 3.37. The van der Waals surface area contributed by atoms with E-state index in [1.165, 1.54) is 18.2 Å². The van der Waals surface area contributed by atoms with Gasteiger partial charge in [0.15, 0.2) is 0 Å². The van der Waals surface area contributed by atoms with Crippen LogP contribution in [0.15, 0.2) is 29.0 Å². The fourth-order valence-electron chi connectivity index (χ4n) is 1.31. The zero-order valence-corrected chi connectivity index (χ0v) is 10.1. The van der Waals surface area contributed by atoms with E-state index >= 15 is 0 Å². The van der Waals surface area contributed by atoms with Crippen LogP contribution in [0.4, 0.5) is 4.39 Å². The van der Waals surface area contributed by atoms with Crippen molar-refractivity contribution in [2.45, 2.75) is 13.8 Å². The van der Waals surface area contributed by atoms with Crippen molar-refractivity contribution in [1.29, 1.82) is 0 Å². The molecule has 18 heavy (non-hydrogen) atoms. The SMILES string of the molecule is CCOC(=O)/C(=C/c1cccc(F)c1C)N=[N+]=[N-]. The molecule has 0 N–H and O–H groups in total. The minimum Gasteiger partial charge on any atom is -0.462 e. The van der Waals surface area contributed by atoms with E-state index in [4.69, 9.17) is 10.3 Å². The van der Waals surface area contributed by atoms with Gasteiger partial charge in [0.1, 0.15) is 11.5 Å². The summed E-state index contributed by atoms with van der Waals surface area (Å²) in [5, 5.41) is 3.25. The molecular formula is C12H12FN3O2. The Kier molecular flexibility index (Phi) is 4.90. The molecule has 0 unspecified atom stereocenters. The molecule has 1 aromatic rings. The van der Waals surface area contributed by atoms with Crippen LogP contribution in [-0.2, 0) is 9.53 Å². The fraction of sp³-hybridized carbons (Fsp3) is 0.250. The second-order valence-electron chi connectivity index (χ2n) is 3.39. The first-order chi connectivity index (χ1) is 8.60. The van der Waals surface area contributed by atoms with Crippen LogP contribution in [-0.4, -0.2) is 12.6 Å². The van der Waals surface area contributed by atoms with Crippen molar-refractivity contribution in [3.05, 3.63) is 51.3 Å². The summed E-state index contributed by atoms with van der Waals surface area (Å²) in [5.41, 5.74) is 9.02. The van der Waals surface area contributed by atoms with Gasteiger partial charge in [0, 0.05) is 4.91 Å². The Morgan fingerprint density at radius 1 is 1.61 bits per heavy atom. The summed E-state index contributed by atoms with van der Waals surface area (Å²) in [7, 11) is 0. The summed E-state index contributed by atoms with van der Waals surface area (Å²) in [6, 6.07) is 4.43. The molecule has 1 rings (SSSR count). The van der Waals surface area contributed by atoms with E-state index in [0.717, 1.165) is 0 Å². The van der Waals surface area contributed by atoms with Gasteiger partial charge in [-0.15, -0.1) is 0 Å². The highest BCUT2D eigenvalue weighted by Crippen LogP contribution is 2.17. The molecule has 0 aliphatic carbocycles. The van der Waals surface area contributed by atoms with Gasteiger partial charge in [0.2, 0.25) is 0 Å². The molecule has 0 aliphatic heterocycles. The molecule has 0 aromatic heterocycles. The van der Waals surface area contributed by atoms with Crippen molar-refractivity contribution in [3.8, 4) is 0 Å². The minimum atomic E-state index is -0.737. The number of ether oxygens (including phenoxy) is 1. The van der Waals surface area contributed by atoms with Gasteiger partial charge in [-0.2, -0.15) is 0 Å². The first-order valence-electron chi connectivity index (χ1n) is 5.29. The maximum atomic E-state index is 13.3. The van der Waals surface area contributed by atoms with Crippen LogP contribution in [0.25, 0.3) is 16.5 Å². The van der Waals surface area contributed by atoms with E-state index in [2.05, 4.69) is 10.0 Å². The number of halogens is 1. The largest absolute Gasteiger partial charge is 0.462 e. The lowest BCUT2D eigenvalue weighted by molar-refractivity contribution is -0.138. The molecule has 0 amide bonds. The molecule has 1 aromatic carbocycles. The maximum absolute atomic E-state index is 13.3. The van der Waals surface area contributed by atoms with Crippen molar-refractivity contribution in [2.24, 2.45) is 5.11 Å². The third kappa shape index (κ3) is 3.33. The molecular weight excluding hydrogens is 237 g/mol. The third-order valence-electron chi connectivity index (χ3n) is 2.24. The van der Waals surface area contributed by atoms with Gasteiger partial charge in [0.25, 0.3) is 0 Å². The highest BCUT2D eigenvalue weighted by atomic mass is 19.1. The summed E-state index contributed by atoms with van der Waals surface area (Å²) >= 11 is 0. The summed E-state index contributed by atoms with van der Waals surface area (Å²) in [6.07, 6.45) is 1.30. The second kappa shape index (κ2) is 6.42. The number of benzene rings is 1. The number of hydrogen-bond donors (Lipinski definition) is 0. The van der Waals surface area contributed by atoms with Gasteiger partial charge >= 0.3 is 5.97 Å². The van der Waals surface area contributed by atoms with Gasteiger partial charge in [-0.25, -0.2) is 9.18 Å². The van der Waals surface area contributed by atoms with Crippen LogP contribution in [0.2, 0.25) is 0 Å². The fourth-order valence-corrected chi connectivity index (χ4v) is 1.31. The molecule has 5 nitrogen and oxygen atoms in total. The molecule has 0 saturated carbocycles. The van der Waals surface area contributed by atoms with Gasteiger partial charge in [-0.3, -0.25) is 0 Å². The van der Waals surface area contributed by atoms with Gasteiger partial charge in [-0.1, -0.05) is 17.2 Å². The van der Waals surface area contributed by atoms with Gasteiger partial charge in [-0.05, 0) is 42.6 Å². The van der Waals surface area contributed by atoms with E-state index in [1.54, 1.807) is 19.9 Å². The quantitative estimate of drug-likeness (QED) is 0.270. The number of esters is 1. The molecule has 0 heterocycles. The van der Waals surface area contributed by atoms with Crippen molar-refractivity contribution in [1.82, 2.24) is 0 Å². The lowest BCUT2D eigenvalue weighted by Crippen LogP contribution is -2.05. The lowest BCUT2D eigenvalue weighted by Gasteiger charge is -2.04. The first kappa shape index (κ1) is 13.7. The topological polar surface area (TPSA) is 75.1 Å². The van der Waals surface area contributed by atoms with Gasteiger partial charge < -0.3 is 4.74 Å². The number of carbonyl (C=O) groups excluding carboxylic acids is 1. The molecule has 0 aliphatic rings. The van der Waals surface area contributed by atoms with Gasteiger partial charge in [0.05, 0.1) is 6.61 Å². The highest BCUT2D eigenvalue weighted by Gasteiger charge is 2.10. The van der Waals surface area contributed by atoms with E-state index < -0.39 is 11.8 Å². The standard InChI is InChI=1S/C12H12FN3O2/c1-3-18-12(17)11(15-16-14)7-9-5-4-6-10(13)8(9)2/h4-7H,3H2,1-2H3/b11-7-. The second-order valence-corrected chi connectivity index (χ2v) is 3.39. The van der Waals surface area contributed by atoms with Crippen LogP contribution >= 0.6 is 0 Å². The Bertz CT molecular complexity index is 534. The number of nitrogens with zero attached hydrogens (tertiary/aromatic N) is 3. The number of hydrogen-bond acceptors (Lipinski definition) is 3. The van der Waals surface area contributed by atoms with Crippen molar-refractivity contribution >= 4 is 12.0 Å². The Balaban J connectivity index is 3.20. The van der Waals surface area contributed by atoms with E-state index in [9.17, 15) is 9.18 Å². The third-order valence-corrected chi connectivity index (χ3v) is 2.24. The highest BCUT2D eigenvalue weighted by molar-refractivity contribution is 5.93. The van der Waals surface area contributed by atoms with Crippen molar-refractivity contribution in [3.63, 3.8) is 0 Å². The summed E-state index contributed by atoms with van der Waals surface area (Å²) in [5.74, 6) is -1.13. The molecule has 6 heteroatoms. The average Bonchev–Trinajstić information content (AvgIpc) is 2.34. The van der Waals surface area contributed by atoms with Crippen molar-refractivity contribution in [2.75, 3.05) is 6.61 Å². The van der Waals surface area contributed by atoms with E-state index in [-0.39, 0.29) is 12.3 Å². The molecule has 0 atom stereocenters. The van der Waals surface area contributed by atoms with E-state index in [1.807, 2.05) is 0 Å². The average molecular weight is 249 g/mol. The van der Waals surface area contributed by atoms with Crippen molar-refractivity contribution < 1.29 is 13.9 Å². The molecule has 94 valence electrons. The zero-order valence-electron chi connectivity index (χ0n) is 10.1. The lowest BCUT2D eigenvalue weighted by atomic mass is 10.1. The van der Waals surface area contributed by atoms with Crippen LogP contribution in [0.3, 0.4) is 0 Å². The normalized spacial score (nSPS) is 10.7. The summed E-state index contributed by atoms with van der Waals surface area (Å²) in [4.78, 5) is 14.0. The Labute approximate surface area is 104 Å². The zero-order chi connectivity index (χ0) is 13.5. The summed E-state index contributed by atoms with van der Waals surface area (Å²) < 4.78 is 18.0. The van der Waals surface area contributed by atoms with Crippen LogP contribution in [0.1, 0.15) is 18.1 Å². The molecule has 0 bridgehead atoms. The Morgan fingerprint density at radius 2 is 2.33 bits per heavy atom. The van der Waals surface area contributed by atoms with Crippen LogP contribution < -0.4 is 0 Å². The molecule has 0 fully saturated rings. The number of azide groups is 1. The predicted octanol–water partition coefficient (Wildman–Crippen LogP) is 3.35. The van der Waals surface area contributed by atoms with Crippen LogP contribution in [0, 0.1) is 12.7 Å². The maximum Gasteiger partial charge on any atom is 0.340 e. The minimum absolute atomic E-state index is 0.166.